The van der Waals surface area contributed by atoms with Crippen LogP contribution in [0.3, 0.4) is 0 Å². The Balaban J connectivity index is 2.00. The molecule has 18 heavy (non-hydrogen) atoms. The topological polar surface area (TPSA) is 65.8 Å². The minimum absolute atomic E-state index is 0.148. The highest BCUT2D eigenvalue weighted by molar-refractivity contribution is 7.09. The Bertz CT molecular complexity index is 572. The summed E-state index contributed by atoms with van der Waals surface area (Å²) in [5.74, 6) is -0.148. The van der Waals surface area contributed by atoms with E-state index < -0.39 is 0 Å². The predicted molar refractivity (Wildman–Crippen MR) is 69.0 cm³/mol. The van der Waals surface area contributed by atoms with E-state index in [1.54, 1.807) is 29.7 Å². The largest absolute Gasteiger partial charge is 0.347 e. The molecule has 0 unspecified atom stereocenters. The van der Waals surface area contributed by atoms with Crippen LogP contribution in [0.15, 0.2) is 35.8 Å². The lowest BCUT2D eigenvalue weighted by molar-refractivity contribution is 0.0951. The monoisotopic (exact) mass is 257 g/mol. The van der Waals surface area contributed by atoms with Gasteiger partial charge >= 0.3 is 0 Å². The molecule has 0 aliphatic heterocycles. The summed E-state index contributed by atoms with van der Waals surface area (Å²) >= 11 is 1.60. The van der Waals surface area contributed by atoms with Crippen LogP contribution < -0.4 is 5.32 Å². The zero-order valence-electron chi connectivity index (χ0n) is 9.59. The summed E-state index contributed by atoms with van der Waals surface area (Å²) in [7, 11) is 0. The average molecular weight is 257 g/mol. The Hall–Kier alpha value is -2.19. The molecule has 1 amide bonds. The fourth-order valence-electron chi connectivity index (χ4n) is 1.48. The molecule has 0 aliphatic carbocycles. The molecule has 5 heteroatoms. The number of carbonyl (C=O) groups is 1. The van der Waals surface area contributed by atoms with Crippen molar-refractivity contribution in [2.75, 3.05) is 0 Å². The Kier molecular flexibility index (Phi) is 4.05. The summed E-state index contributed by atoms with van der Waals surface area (Å²) in [5.41, 5.74) is 1.15. The number of thiophene rings is 1. The van der Waals surface area contributed by atoms with Crippen molar-refractivity contribution in [1.29, 1.82) is 5.26 Å². The second-order valence-corrected chi connectivity index (χ2v) is 4.67. The van der Waals surface area contributed by atoms with E-state index in [1.807, 2.05) is 23.6 Å². The maximum Gasteiger partial charge on any atom is 0.251 e. The van der Waals surface area contributed by atoms with E-state index in [2.05, 4.69) is 10.3 Å². The van der Waals surface area contributed by atoms with Crippen molar-refractivity contribution >= 4 is 17.2 Å². The third kappa shape index (κ3) is 3.15. The number of aromatic nitrogens is 1. The first-order valence-corrected chi connectivity index (χ1v) is 6.30. The Morgan fingerprint density at radius 1 is 1.50 bits per heavy atom. The summed E-state index contributed by atoms with van der Waals surface area (Å²) < 4.78 is 0. The maximum absolute atomic E-state index is 11.9. The number of nitriles is 1. The van der Waals surface area contributed by atoms with Gasteiger partial charge in [0.2, 0.25) is 0 Å². The number of nitrogens with one attached hydrogen (secondary N) is 1. The first kappa shape index (κ1) is 12.3. The summed E-state index contributed by atoms with van der Waals surface area (Å²) in [5, 5.41) is 13.4. The van der Waals surface area contributed by atoms with E-state index in [0.29, 0.717) is 17.8 Å². The van der Waals surface area contributed by atoms with Crippen molar-refractivity contribution in [2.24, 2.45) is 0 Å². The van der Waals surface area contributed by atoms with E-state index in [9.17, 15) is 4.79 Å². The third-order valence-corrected chi connectivity index (χ3v) is 3.22. The smallest absolute Gasteiger partial charge is 0.251 e. The summed E-state index contributed by atoms with van der Waals surface area (Å²) in [4.78, 5) is 17.0. The van der Waals surface area contributed by atoms with Crippen molar-refractivity contribution in [1.82, 2.24) is 10.3 Å². The molecule has 0 aromatic carbocycles. The van der Waals surface area contributed by atoms with Crippen LogP contribution in [0.5, 0.6) is 0 Å². The number of amides is 1. The average Bonchev–Trinajstić information content (AvgIpc) is 2.90. The fourth-order valence-corrected chi connectivity index (χ4v) is 2.12. The van der Waals surface area contributed by atoms with E-state index >= 15 is 0 Å². The first-order chi connectivity index (χ1) is 8.79. The summed E-state index contributed by atoms with van der Waals surface area (Å²) in [6.45, 7) is 0.520. The van der Waals surface area contributed by atoms with Crippen LogP contribution in [0.1, 0.15) is 20.9 Å². The van der Waals surface area contributed by atoms with Crippen LogP contribution in [-0.2, 0) is 13.0 Å². The van der Waals surface area contributed by atoms with E-state index in [0.717, 1.165) is 4.88 Å². The number of pyridine rings is 1. The standard InChI is InChI=1S/C13H11N3OS/c14-5-3-11-8-10(4-6-15-11)13(17)16-9-12-2-1-7-18-12/h1-2,4,6-8H,3,9H2,(H,16,17). The molecular weight excluding hydrogens is 246 g/mol. The van der Waals surface area contributed by atoms with Gasteiger partial charge in [0.1, 0.15) is 0 Å². The minimum Gasteiger partial charge on any atom is -0.347 e. The van der Waals surface area contributed by atoms with Crippen LogP contribution >= 0.6 is 11.3 Å². The lowest BCUT2D eigenvalue weighted by atomic mass is 10.2. The van der Waals surface area contributed by atoms with Crippen molar-refractivity contribution in [3.63, 3.8) is 0 Å². The molecule has 2 heterocycles. The molecule has 90 valence electrons. The van der Waals surface area contributed by atoms with Gasteiger partial charge < -0.3 is 5.32 Å². The van der Waals surface area contributed by atoms with E-state index in [1.165, 1.54) is 0 Å². The van der Waals surface area contributed by atoms with E-state index in [4.69, 9.17) is 5.26 Å². The Morgan fingerprint density at radius 3 is 3.11 bits per heavy atom. The second-order valence-electron chi connectivity index (χ2n) is 3.63. The second kappa shape index (κ2) is 5.94. The van der Waals surface area contributed by atoms with Crippen molar-refractivity contribution in [2.45, 2.75) is 13.0 Å². The molecule has 4 nitrogen and oxygen atoms in total. The van der Waals surface area contributed by atoms with Crippen LogP contribution in [0.4, 0.5) is 0 Å². The van der Waals surface area contributed by atoms with Crippen molar-refractivity contribution in [3.8, 4) is 6.07 Å². The van der Waals surface area contributed by atoms with Gasteiger partial charge in [-0.05, 0) is 23.6 Å². The maximum atomic E-state index is 11.9. The molecule has 0 saturated carbocycles. The van der Waals surface area contributed by atoms with Crippen LogP contribution in [-0.4, -0.2) is 10.9 Å². The van der Waals surface area contributed by atoms with Gasteiger partial charge in [0, 0.05) is 16.6 Å². The van der Waals surface area contributed by atoms with Gasteiger partial charge in [0.25, 0.3) is 5.91 Å². The highest BCUT2D eigenvalue weighted by Gasteiger charge is 2.06. The van der Waals surface area contributed by atoms with Gasteiger partial charge in [0.05, 0.1) is 24.7 Å². The Labute approximate surface area is 109 Å². The lowest BCUT2D eigenvalue weighted by Gasteiger charge is -2.04. The third-order valence-electron chi connectivity index (χ3n) is 2.34. The van der Waals surface area contributed by atoms with Gasteiger partial charge in [-0.3, -0.25) is 9.78 Å². The molecule has 2 rings (SSSR count). The minimum atomic E-state index is -0.148. The first-order valence-electron chi connectivity index (χ1n) is 5.42. The van der Waals surface area contributed by atoms with Crippen LogP contribution in [0.25, 0.3) is 0 Å². The summed E-state index contributed by atoms with van der Waals surface area (Å²) in [6, 6.07) is 9.22. The number of hydrogen-bond acceptors (Lipinski definition) is 4. The Morgan fingerprint density at radius 2 is 2.39 bits per heavy atom. The quantitative estimate of drug-likeness (QED) is 0.912. The number of nitrogens with zero attached hydrogens (tertiary/aromatic N) is 2. The molecular formula is C13H11N3OS. The number of rotatable bonds is 4. The van der Waals surface area contributed by atoms with Gasteiger partial charge in [-0.1, -0.05) is 6.07 Å². The summed E-state index contributed by atoms with van der Waals surface area (Å²) in [6.07, 6.45) is 1.76. The lowest BCUT2D eigenvalue weighted by Crippen LogP contribution is -2.22. The molecule has 0 fully saturated rings. The van der Waals surface area contributed by atoms with Crippen LogP contribution in [0, 0.1) is 11.3 Å². The molecule has 0 aliphatic rings. The molecule has 2 aromatic heterocycles. The zero-order chi connectivity index (χ0) is 12.8. The molecule has 2 aromatic rings. The zero-order valence-corrected chi connectivity index (χ0v) is 10.4. The van der Waals surface area contributed by atoms with Gasteiger partial charge in [0.15, 0.2) is 0 Å². The van der Waals surface area contributed by atoms with Crippen LogP contribution in [0.2, 0.25) is 0 Å². The normalized spacial score (nSPS) is 9.72. The van der Waals surface area contributed by atoms with E-state index in [-0.39, 0.29) is 12.3 Å². The van der Waals surface area contributed by atoms with Gasteiger partial charge in [-0.15, -0.1) is 11.3 Å². The molecule has 0 radical (unpaired) electrons. The van der Waals surface area contributed by atoms with Crippen molar-refractivity contribution in [3.05, 3.63) is 52.0 Å². The molecule has 1 N–H and O–H groups in total. The SMILES string of the molecule is N#CCc1cc(C(=O)NCc2cccs2)ccn1. The predicted octanol–water partition coefficient (Wildman–Crippen LogP) is 2.14. The fraction of sp³-hybridized carbons (Fsp3) is 0.154. The number of hydrogen-bond donors (Lipinski definition) is 1. The molecule has 0 spiro atoms. The number of carbonyl (C=O) groups excluding carboxylic acids is 1. The molecule has 0 atom stereocenters. The highest BCUT2D eigenvalue weighted by atomic mass is 32.1. The van der Waals surface area contributed by atoms with Crippen molar-refractivity contribution < 1.29 is 4.79 Å². The highest BCUT2D eigenvalue weighted by Crippen LogP contribution is 2.08. The van der Waals surface area contributed by atoms with Gasteiger partial charge in [-0.2, -0.15) is 5.26 Å². The molecule has 0 bridgehead atoms. The van der Waals surface area contributed by atoms with Gasteiger partial charge in [-0.25, -0.2) is 0 Å². The molecule has 0 saturated heterocycles.